The summed E-state index contributed by atoms with van der Waals surface area (Å²) in [5, 5.41) is 6.94. The van der Waals surface area contributed by atoms with Crippen LogP contribution in [-0.4, -0.2) is 36.2 Å². The van der Waals surface area contributed by atoms with Crippen LogP contribution in [0.4, 0.5) is 0 Å². The molecule has 6 nitrogen and oxygen atoms in total. The van der Waals surface area contributed by atoms with Gasteiger partial charge in [0.15, 0.2) is 0 Å². The molecule has 1 aliphatic heterocycles. The number of aromatic nitrogens is 1. The Kier molecular flexibility index (Phi) is 7.75. The molecule has 168 valence electrons. The van der Waals surface area contributed by atoms with Gasteiger partial charge in [-0.1, -0.05) is 20.8 Å². The van der Waals surface area contributed by atoms with Crippen molar-refractivity contribution in [2.45, 2.75) is 78.9 Å². The smallest absolute Gasteiger partial charge is 0.253 e. The molecule has 1 saturated carbocycles. The Bertz CT molecular complexity index is 782. The summed E-state index contributed by atoms with van der Waals surface area (Å²) in [7, 11) is 0. The van der Waals surface area contributed by atoms with Crippen molar-refractivity contribution in [1.82, 2.24) is 15.6 Å². The van der Waals surface area contributed by atoms with Crippen molar-refractivity contribution < 1.29 is 9.53 Å². The molecule has 4 atom stereocenters. The van der Waals surface area contributed by atoms with Crippen molar-refractivity contribution in [2.75, 3.05) is 13.2 Å². The van der Waals surface area contributed by atoms with Gasteiger partial charge in [-0.2, -0.15) is 0 Å². The molecule has 2 aliphatic rings. The Labute approximate surface area is 180 Å². The van der Waals surface area contributed by atoms with Gasteiger partial charge in [-0.15, -0.1) is 0 Å². The third-order valence-corrected chi connectivity index (χ3v) is 7.27. The van der Waals surface area contributed by atoms with Crippen molar-refractivity contribution in [2.24, 2.45) is 23.7 Å². The summed E-state index contributed by atoms with van der Waals surface area (Å²) >= 11 is 0. The van der Waals surface area contributed by atoms with Gasteiger partial charge in [0, 0.05) is 49.0 Å². The van der Waals surface area contributed by atoms with Crippen molar-refractivity contribution in [3.8, 4) is 0 Å². The second-order valence-electron chi connectivity index (χ2n) is 9.76. The average molecular weight is 418 g/mol. The molecule has 4 unspecified atom stereocenters. The number of aryl methyl sites for hydroxylation is 2. The maximum Gasteiger partial charge on any atom is 0.253 e. The number of ether oxygens (including phenoxy) is 1. The van der Waals surface area contributed by atoms with E-state index in [0.717, 1.165) is 50.2 Å². The van der Waals surface area contributed by atoms with Crippen LogP contribution in [-0.2, 0) is 16.1 Å². The third kappa shape index (κ3) is 5.52. The van der Waals surface area contributed by atoms with Crippen LogP contribution in [0.5, 0.6) is 0 Å². The van der Waals surface area contributed by atoms with E-state index in [4.69, 9.17) is 4.74 Å². The van der Waals surface area contributed by atoms with Gasteiger partial charge in [0.2, 0.25) is 5.91 Å². The molecule has 1 aromatic rings. The van der Waals surface area contributed by atoms with Crippen LogP contribution in [0.1, 0.15) is 63.3 Å². The van der Waals surface area contributed by atoms with E-state index in [2.05, 4.69) is 36.4 Å². The molecule has 30 heavy (non-hydrogen) atoms. The summed E-state index contributed by atoms with van der Waals surface area (Å²) in [5.74, 6) is 1.38. The normalized spacial score (nSPS) is 27.9. The highest BCUT2D eigenvalue weighted by molar-refractivity contribution is 5.79. The van der Waals surface area contributed by atoms with Gasteiger partial charge in [0.25, 0.3) is 5.56 Å². The highest BCUT2D eigenvalue weighted by Crippen LogP contribution is 2.38. The Morgan fingerprint density at radius 1 is 1.23 bits per heavy atom. The Balaban J connectivity index is 1.68. The van der Waals surface area contributed by atoms with Crippen molar-refractivity contribution in [1.29, 1.82) is 0 Å². The number of nitrogens with one attached hydrogen (secondary N) is 3. The summed E-state index contributed by atoms with van der Waals surface area (Å²) in [6.45, 7) is 12.5. The molecule has 0 aromatic carbocycles. The second-order valence-corrected chi connectivity index (χ2v) is 9.76. The van der Waals surface area contributed by atoms with Crippen LogP contribution >= 0.6 is 0 Å². The predicted octanol–water partition coefficient (Wildman–Crippen LogP) is 3.06. The molecule has 2 fully saturated rings. The van der Waals surface area contributed by atoms with E-state index in [1.165, 1.54) is 0 Å². The van der Waals surface area contributed by atoms with Gasteiger partial charge in [0.05, 0.1) is 0 Å². The van der Waals surface area contributed by atoms with Crippen LogP contribution < -0.4 is 16.2 Å². The molecule has 0 bridgehead atoms. The molecule has 0 spiro atoms. The van der Waals surface area contributed by atoms with Gasteiger partial charge in [-0.3, -0.25) is 9.59 Å². The fourth-order valence-electron chi connectivity index (χ4n) is 5.14. The number of rotatable bonds is 6. The topological polar surface area (TPSA) is 83.2 Å². The lowest BCUT2D eigenvalue weighted by molar-refractivity contribution is -0.129. The van der Waals surface area contributed by atoms with E-state index in [1.807, 2.05) is 19.9 Å². The minimum atomic E-state index is -0.108. The molecular formula is C24H39N3O3. The number of aromatic amines is 1. The lowest BCUT2D eigenvalue weighted by Gasteiger charge is -2.43. The quantitative estimate of drug-likeness (QED) is 0.664. The van der Waals surface area contributed by atoms with Gasteiger partial charge in [0.1, 0.15) is 0 Å². The fraction of sp³-hybridized carbons (Fsp3) is 0.750. The number of carbonyl (C=O) groups excluding carboxylic acids is 1. The number of pyridine rings is 1. The number of carbonyl (C=O) groups is 1. The molecule has 3 N–H and O–H groups in total. The van der Waals surface area contributed by atoms with E-state index in [-0.39, 0.29) is 29.8 Å². The largest absolute Gasteiger partial charge is 0.381 e. The van der Waals surface area contributed by atoms with Gasteiger partial charge in [-0.25, -0.2) is 0 Å². The number of amides is 1. The minimum absolute atomic E-state index is 0.0340. The van der Waals surface area contributed by atoms with Crippen molar-refractivity contribution in [3.63, 3.8) is 0 Å². The summed E-state index contributed by atoms with van der Waals surface area (Å²) in [4.78, 5) is 28.3. The average Bonchev–Trinajstić information content (AvgIpc) is 2.69. The SMILES string of the molecule is Cc1cc(C)c(CNC(=O)C2CC(C(C)C)CC(NC3CCOCC3)C2C)c(=O)[nH]1. The summed E-state index contributed by atoms with van der Waals surface area (Å²) in [6.07, 6.45) is 4.13. The van der Waals surface area contributed by atoms with E-state index >= 15 is 0 Å². The monoisotopic (exact) mass is 417 g/mol. The van der Waals surface area contributed by atoms with Gasteiger partial charge < -0.3 is 20.4 Å². The molecule has 3 rings (SSSR count). The Hall–Kier alpha value is -1.66. The molecule has 6 heteroatoms. The molecule has 0 radical (unpaired) electrons. The van der Waals surface area contributed by atoms with Crippen LogP contribution in [0, 0.1) is 37.5 Å². The lowest BCUT2D eigenvalue weighted by atomic mass is 9.68. The zero-order valence-corrected chi connectivity index (χ0v) is 19.2. The number of hydrogen-bond acceptors (Lipinski definition) is 4. The highest BCUT2D eigenvalue weighted by atomic mass is 16.5. The zero-order valence-electron chi connectivity index (χ0n) is 19.2. The first kappa shape index (κ1) is 23.0. The van der Waals surface area contributed by atoms with E-state index < -0.39 is 0 Å². The van der Waals surface area contributed by atoms with Gasteiger partial charge in [-0.05, 0) is 68.9 Å². The molecular weight excluding hydrogens is 378 g/mol. The highest BCUT2D eigenvalue weighted by Gasteiger charge is 2.40. The van der Waals surface area contributed by atoms with Crippen molar-refractivity contribution in [3.05, 3.63) is 33.2 Å². The first-order chi connectivity index (χ1) is 14.3. The maximum atomic E-state index is 13.2. The van der Waals surface area contributed by atoms with Crippen LogP contribution in [0.25, 0.3) is 0 Å². The number of H-pyrrole nitrogens is 1. The second kappa shape index (κ2) is 10.1. The van der Waals surface area contributed by atoms with Crippen LogP contribution in [0.15, 0.2) is 10.9 Å². The van der Waals surface area contributed by atoms with Crippen molar-refractivity contribution >= 4 is 5.91 Å². The Morgan fingerprint density at radius 2 is 1.93 bits per heavy atom. The van der Waals surface area contributed by atoms with E-state index in [1.54, 1.807) is 0 Å². The van der Waals surface area contributed by atoms with Crippen LogP contribution in [0.2, 0.25) is 0 Å². The maximum absolute atomic E-state index is 13.2. The first-order valence-electron chi connectivity index (χ1n) is 11.6. The van der Waals surface area contributed by atoms with Crippen LogP contribution in [0.3, 0.4) is 0 Å². The summed E-state index contributed by atoms with van der Waals surface area (Å²) in [6, 6.07) is 2.78. The van der Waals surface area contributed by atoms with E-state index in [0.29, 0.717) is 29.5 Å². The minimum Gasteiger partial charge on any atom is -0.381 e. The zero-order chi connectivity index (χ0) is 21.8. The Morgan fingerprint density at radius 3 is 2.57 bits per heavy atom. The molecule has 1 aromatic heterocycles. The van der Waals surface area contributed by atoms with Gasteiger partial charge >= 0.3 is 0 Å². The molecule has 2 heterocycles. The molecule has 1 aliphatic carbocycles. The summed E-state index contributed by atoms with van der Waals surface area (Å²) in [5.41, 5.74) is 2.31. The fourth-order valence-corrected chi connectivity index (χ4v) is 5.14. The lowest BCUT2D eigenvalue weighted by Crippen LogP contribution is -2.53. The molecule has 1 saturated heterocycles. The standard InChI is InChI=1S/C24H39N3O3/c1-14(2)18-11-20(17(5)22(12-18)27-19-6-8-30-9-7-19)23(28)25-13-21-15(3)10-16(4)26-24(21)29/h10,14,17-20,22,27H,6-9,11-13H2,1-5H3,(H,25,28)(H,26,29). The first-order valence-corrected chi connectivity index (χ1v) is 11.6. The third-order valence-electron chi connectivity index (χ3n) is 7.27. The summed E-state index contributed by atoms with van der Waals surface area (Å²) < 4.78 is 5.50. The molecule has 1 amide bonds. The predicted molar refractivity (Wildman–Crippen MR) is 119 cm³/mol. The van der Waals surface area contributed by atoms with E-state index in [9.17, 15) is 9.59 Å². The number of hydrogen-bond donors (Lipinski definition) is 3.